The summed E-state index contributed by atoms with van der Waals surface area (Å²) in [5.41, 5.74) is 2.67. The van der Waals surface area contributed by atoms with Crippen LogP contribution in [0.5, 0.6) is 0 Å². The molecule has 2 aromatic heterocycles. The largest absolute Gasteiger partial charge is 0.480 e. The van der Waals surface area contributed by atoms with Crippen molar-refractivity contribution in [3.63, 3.8) is 0 Å². The minimum Gasteiger partial charge on any atom is -0.480 e. The van der Waals surface area contributed by atoms with Gasteiger partial charge in [0.25, 0.3) is 5.91 Å². The molecule has 0 saturated carbocycles. The number of aliphatic carboxylic acids is 1. The number of pyridine rings is 1. The maximum atomic E-state index is 12.6. The number of carboxylic acids is 1. The second-order valence-electron chi connectivity index (χ2n) is 9.14. The topological polar surface area (TPSA) is 109 Å². The summed E-state index contributed by atoms with van der Waals surface area (Å²) in [4.78, 5) is 28.7. The van der Waals surface area contributed by atoms with E-state index in [0.717, 1.165) is 68.1 Å². The van der Waals surface area contributed by atoms with Crippen LogP contribution in [0.15, 0.2) is 42.7 Å². The van der Waals surface area contributed by atoms with Crippen LogP contribution in [0.1, 0.15) is 67.3 Å². The number of fused-ring (bicyclic) bond motifs is 2. The molecule has 180 valence electrons. The highest BCUT2D eigenvalue weighted by molar-refractivity contribution is 5.99. The molecule has 4 rings (SSSR count). The Morgan fingerprint density at radius 1 is 1.21 bits per heavy atom. The number of carbonyl (C=O) groups is 2. The van der Waals surface area contributed by atoms with Crippen LogP contribution in [-0.4, -0.2) is 43.8 Å². The molecule has 2 unspecified atom stereocenters. The van der Waals surface area contributed by atoms with Crippen LogP contribution in [0.25, 0.3) is 10.9 Å². The zero-order chi connectivity index (χ0) is 23.9. The van der Waals surface area contributed by atoms with Gasteiger partial charge in [-0.15, -0.1) is 0 Å². The van der Waals surface area contributed by atoms with E-state index in [1.165, 1.54) is 5.56 Å². The normalized spacial score (nSPS) is 16.0. The quantitative estimate of drug-likeness (QED) is 0.366. The molecule has 1 amide bonds. The molecule has 1 aromatic carbocycles. The first-order chi connectivity index (χ1) is 16.5. The van der Waals surface area contributed by atoms with Crippen molar-refractivity contribution in [3.05, 3.63) is 53.9 Å². The number of carbonyl (C=O) groups excluding carboxylic acids is 1. The van der Waals surface area contributed by atoms with Gasteiger partial charge in [-0.3, -0.25) is 9.48 Å². The second kappa shape index (κ2) is 11.1. The van der Waals surface area contributed by atoms with Gasteiger partial charge in [-0.25, -0.2) is 9.78 Å². The molecule has 1 aliphatic rings. The average Bonchev–Trinajstić information content (AvgIpc) is 3.22. The smallest absolute Gasteiger partial charge is 0.326 e. The monoisotopic (exact) mass is 463 g/mol. The first kappa shape index (κ1) is 23.7. The van der Waals surface area contributed by atoms with E-state index in [0.29, 0.717) is 18.0 Å². The fourth-order valence-electron chi connectivity index (χ4n) is 4.66. The number of anilines is 1. The number of carboxylic acid groups (broad SMARTS) is 1. The molecule has 2 atom stereocenters. The molecular weight excluding hydrogens is 430 g/mol. The number of nitrogens with zero attached hydrogens (tertiary/aromatic N) is 3. The van der Waals surface area contributed by atoms with Crippen molar-refractivity contribution in [2.24, 2.45) is 7.05 Å². The van der Waals surface area contributed by atoms with Gasteiger partial charge in [-0.05, 0) is 55.5 Å². The number of unbranched alkanes of at least 4 members (excludes halogenated alkanes) is 4. The van der Waals surface area contributed by atoms with Gasteiger partial charge in [-0.1, -0.05) is 38.2 Å². The average molecular weight is 464 g/mol. The molecule has 0 saturated heterocycles. The predicted octanol–water partition coefficient (Wildman–Crippen LogP) is 4.31. The summed E-state index contributed by atoms with van der Waals surface area (Å²) in [6.45, 7) is 0. The number of hydrogen-bond acceptors (Lipinski definition) is 5. The number of rotatable bonds is 11. The van der Waals surface area contributed by atoms with E-state index in [4.69, 9.17) is 0 Å². The molecule has 0 radical (unpaired) electrons. The second-order valence-corrected chi connectivity index (χ2v) is 9.14. The van der Waals surface area contributed by atoms with Gasteiger partial charge < -0.3 is 15.7 Å². The predicted molar refractivity (Wildman–Crippen MR) is 132 cm³/mol. The lowest BCUT2D eigenvalue weighted by molar-refractivity contribution is -0.139. The van der Waals surface area contributed by atoms with Crippen molar-refractivity contribution >= 4 is 28.6 Å². The number of hydrogen-bond donors (Lipinski definition) is 3. The third kappa shape index (κ3) is 5.92. The summed E-state index contributed by atoms with van der Waals surface area (Å²) in [6.07, 6.45) is 12.4. The van der Waals surface area contributed by atoms with Gasteiger partial charge in [0.15, 0.2) is 0 Å². The Balaban J connectivity index is 1.14. The highest BCUT2D eigenvalue weighted by atomic mass is 16.4. The number of amides is 1. The van der Waals surface area contributed by atoms with E-state index in [9.17, 15) is 14.7 Å². The maximum Gasteiger partial charge on any atom is 0.326 e. The fourth-order valence-corrected chi connectivity index (χ4v) is 4.66. The Labute approximate surface area is 199 Å². The minimum absolute atomic E-state index is 0.366. The van der Waals surface area contributed by atoms with Crippen LogP contribution >= 0.6 is 0 Å². The molecule has 8 nitrogen and oxygen atoms in total. The van der Waals surface area contributed by atoms with Crippen LogP contribution in [0.2, 0.25) is 0 Å². The molecule has 1 aliphatic heterocycles. The molecule has 34 heavy (non-hydrogen) atoms. The molecule has 0 spiro atoms. The summed E-state index contributed by atoms with van der Waals surface area (Å²) in [5, 5.41) is 20.8. The first-order valence-electron chi connectivity index (χ1n) is 12.2. The Kier molecular flexibility index (Phi) is 7.77. The number of aryl methyl sites for hydroxylation is 2. The minimum atomic E-state index is -0.993. The molecule has 0 aliphatic carbocycles. The summed E-state index contributed by atoms with van der Waals surface area (Å²) >= 11 is 0. The lowest BCUT2D eigenvalue weighted by atomic mass is 9.96. The van der Waals surface area contributed by atoms with Gasteiger partial charge in [-0.2, -0.15) is 5.10 Å². The van der Waals surface area contributed by atoms with Crippen molar-refractivity contribution in [1.82, 2.24) is 20.1 Å². The van der Waals surface area contributed by atoms with Crippen molar-refractivity contribution in [2.75, 3.05) is 5.32 Å². The van der Waals surface area contributed by atoms with Gasteiger partial charge in [0.2, 0.25) is 0 Å². The molecular formula is C26H33N5O3. The van der Waals surface area contributed by atoms with Crippen molar-refractivity contribution in [3.8, 4) is 0 Å². The van der Waals surface area contributed by atoms with E-state index in [2.05, 4.69) is 26.8 Å². The molecule has 3 aromatic rings. The highest BCUT2D eigenvalue weighted by Gasteiger charge is 2.21. The van der Waals surface area contributed by atoms with Crippen molar-refractivity contribution in [1.29, 1.82) is 0 Å². The summed E-state index contributed by atoms with van der Waals surface area (Å²) in [5.74, 6) is -0.330. The summed E-state index contributed by atoms with van der Waals surface area (Å²) < 4.78 is 1.74. The zero-order valence-corrected chi connectivity index (χ0v) is 19.7. The number of aromatic nitrogens is 3. The van der Waals surface area contributed by atoms with Gasteiger partial charge in [0.05, 0.1) is 11.7 Å². The Bertz CT molecular complexity index is 1140. The number of nitrogens with one attached hydrogen (secondary N) is 2. The van der Waals surface area contributed by atoms with Crippen molar-refractivity contribution in [2.45, 2.75) is 69.9 Å². The maximum absolute atomic E-state index is 12.6. The summed E-state index contributed by atoms with van der Waals surface area (Å²) in [7, 11) is 1.84. The Morgan fingerprint density at radius 2 is 2.03 bits per heavy atom. The number of benzene rings is 1. The molecule has 3 N–H and O–H groups in total. The molecule has 3 heterocycles. The van der Waals surface area contributed by atoms with Gasteiger partial charge in [0, 0.05) is 30.2 Å². The van der Waals surface area contributed by atoms with Crippen LogP contribution in [0, 0.1) is 0 Å². The molecule has 0 fully saturated rings. The van der Waals surface area contributed by atoms with Crippen LogP contribution in [0.4, 0.5) is 5.82 Å². The van der Waals surface area contributed by atoms with E-state index in [1.54, 1.807) is 23.0 Å². The summed E-state index contributed by atoms with van der Waals surface area (Å²) in [6, 6.07) is 9.00. The third-order valence-electron chi connectivity index (χ3n) is 6.65. The molecule has 8 heteroatoms. The highest BCUT2D eigenvalue weighted by Crippen LogP contribution is 2.24. The Morgan fingerprint density at radius 3 is 2.88 bits per heavy atom. The standard InChI is InChI=1S/C26H33N5O3/c1-31-23-14-12-19(16-20(23)17-28-31)25(32)30-22(26(33)34)10-6-4-2-3-5-9-21-13-11-18-8-7-15-27-24(18)29-21/h7-8,12,14-17,21-22H,2-6,9-11,13H2,1H3,(H,27,29)(H,30,32)(H,33,34). The molecule has 0 bridgehead atoms. The SMILES string of the molecule is Cn1ncc2cc(C(=O)NC(CCCCCCCC3CCc4cccnc4N3)C(=O)O)ccc21. The lowest BCUT2D eigenvalue weighted by Gasteiger charge is -2.26. The zero-order valence-electron chi connectivity index (χ0n) is 19.7. The van der Waals surface area contributed by atoms with Gasteiger partial charge >= 0.3 is 5.97 Å². The van der Waals surface area contributed by atoms with E-state index >= 15 is 0 Å². The van der Waals surface area contributed by atoms with Crippen LogP contribution in [0.3, 0.4) is 0 Å². The fraction of sp³-hybridized carbons (Fsp3) is 0.462. The lowest BCUT2D eigenvalue weighted by Crippen LogP contribution is -2.40. The van der Waals surface area contributed by atoms with Gasteiger partial charge in [0.1, 0.15) is 11.9 Å². The van der Waals surface area contributed by atoms with Crippen LogP contribution in [-0.2, 0) is 18.3 Å². The van der Waals surface area contributed by atoms with Crippen molar-refractivity contribution < 1.29 is 14.7 Å². The van der Waals surface area contributed by atoms with E-state index in [-0.39, 0.29) is 5.91 Å². The first-order valence-corrected chi connectivity index (χ1v) is 12.2. The van der Waals surface area contributed by atoms with E-state index < -0.39 is 12.0 Å². The van der Waals surface area contributed by atoms with Crippen LogP contribution < -0.4 is 10.6 Å². The third-order valence-corrected chi connectivity index (χ3v) is 6.65. The Hall–Kier alpha value is -3.42. The van der Waals surface area contributed by atoms with E-state index in [1.807, 2.05) is 25.4 Å².